The second-order valence-corrected chi connectivity index (χ2v) is 5.83. The van der Waals surface area contributed by atoms with E-state index >= 15 is 0 Å². The first-order valence-electron chi connectivity index (χ1n) is 7.28. The Kier molecular flexibility index (Phi) is 5.38. The summed E-state index contributed by atoms with van der Waals surface area (Å²) >= 11 is 5.80. The van der Waals surface area contributed by atoms with Crippen molar-refractivity contribution < 1.29 is 4.39 Å². The summed E-state index contributed by atoms with van der Waals surface area (Å²) in [6.07, 6.45) is 1.03. The Morgan fingerprint density at radius 1 is 1.14 bits per heavy atom. The molecule has 2 aromatic rings. The third-order valence-corrected chi connectivity index (χ3v) is 3.93. The van der Waals surface area contributed by atoms with Gasteiger partial charge in [-0.3, -0.25) is 0 Å². The highest BCUT2D eigenvalue weighted by Crippen LogP contribution is 2.28. The lowest BCUT2D eigenvalue weighted by atomic mass is 9.93. The molecule has 21 heavy (non-hydrogen) atoms. The average molecular weight is 306 g/mol. The molecule has 1 N–H and O–H groups in total. The van der Waals surface area contributed by atoms with Gasteiger partial charge in [-0.1, -0.05) is 48.4 Å². The van der Waals surface area contributed by atoms with Crippen LogP contribution in [0.5, 0.6) is 0 Å². The molecule has 112 valence electrons. The first kappa shape index (κ1) is 16.0. The van der Waals surface area contributed by atoms with Gasteiger partial charge in [-0.25, -0.2) is 4.39 Å². The Hall–Kier alpha value is -1.38. The normalized spacial score (nSPS) is 12.4. The highest BCUT2D eigenvalue weighted by atomic mass is 35.5. The fourth-order valence-electron chi connectivity index (χ4n) is 2.46. The summed E-state index contributed by atoms with van der Waals surface area (Å²) in [6.45, 7) is 7.15. The first-order valence-corrected chi connectivity index (χ1v) is 7.66. The van der Waals surface area contributed by atoms with Crippen LogP contribution in [-0.2, 0) is 0 Å². The zero-order chi connectivity index (χ0) is 15.4. The number of benzene rings is 2. The Balaban J connectivity index is 2.46. The molecular formula is C18H21ClFN. The van der Waals surface area contributed by atoms with Gasteiger partial charge in [-0.2, -0.15) is 0 Å². The van der Waals surface area contributed by atoms with Crippen LogP contribution < -0.4 is 5.32 Å². The summed E-state index contributed by atoms with van der Waals surface area (Å²) in [7, 11) is 0. The van der Waals surface area contributed by atoms with Crippen molar-refractivity contribution in [1.29, 1.82) is 0 Å². The summed E-state index contributed by atoms with van der Waals surface area (Å²) in [5.74, 6) is -0.372. The van der Waals surface area contributed by atoms with Gasteiger partial charge in [0.05, 0.1) is 11.1 Å². The van der Waals surface area contributed by atoms with Crippen molar-refractivity contribution in [2.24, 2.45) is 0 Å². The van der Waals surface area contributed by atoms with Crippen LogP contribution in [0.3, 0.4) is 0 Å². The molecule has 0 aliphatic rings. The van der Waals surface area contributed by atoms with Crippen LogP contribution in [0.2, 0.25) is 5.02 Å². The van der Waals surface area contributed by atoms with Gasteiger partial charge >= 0.3 is 0 Å². The fraction of sp³-hybridized carbons (Fsp3) is 0.333. The molecule has 0 aliphatic carbocycles. The van der Waals surface area contributed by atoms with Gasteiger partial charge in [0.1, 0.15) is 5.82 Å². The third-order valence-electron chi connectivity index (χ3n) is 3.62. The molecule has 2 rings (SSSR count). The molecule has 0 aromatic heterocycles. The number of hydrogen-bond acceptors (Lipinski definition) is 1. The Labute approximate surface area is 131 Å². The van der Waals surface area contributed by atoms with Gasteiger partial charge in [0.2, 0.25) is 0 Å². The van der Waals surface area contributed by atoms with Crippen LogP contribution >= 0.6 is 11.6 Å². The van der Waals surface area contributed by atoms with Crippen LogP contribution in [0, 0.1) is 19.7 Å². The molecule has 2 aromatic carbocycles. The molecule has 0 spiro atoms. The highest BCUT2D eigenvalue weighted by Gasteiger charge is 2.17. The Morgan fingerprint density at radius 3 is 2.57 bits per heavy atom. The molecular weight excluding hydrogens is 285 g/mol. The molecule has 0 amide bonds. The number of halogens is 2. The zero-order valence-electron chi connectivity index (χ0n) is 12.7. The standard InChI is InChI=1S/C18H21ClFN/c1-4-9-21-18(14-7-8-16(19)17(20)11-14)15-10-12(2)5-6-13(15)3/h5-8,10-11,18,21H,4,9H2,1-3H3. The van der Waals surface area contributed by atoms with E-state index < -0.39 is 0 Å². The van der Waals surface area contributed by atoms with Gasteiger partial charge in [0.15, 0.2) is 0 Å². The lowest BCUT2D eigenvalue weighted by Gasteiger charge is -2.22. The smallest absolute Gasteiger partial charge is 0.142 e. The highest BCUT2D eigenvalue weighted by molar-refractivity contribution is 6.30. The van der Waals surface area contributed by atoms with Crippen molar-refractivity contribution in [3.63, 3.8) is 0 Å². The van der Waals surface area contributed by atoms with E-state index in [1.165, 1.54) is 22.8 Å². The topological polar surface area (TPSA) is 12.0 Å². The Morgan fingerprint density at radius 2 is 1.90 bits per heavy atom. The van der Waals surface area contributed by atoms with E-state index in [1.807, 2.05) is 6.07 Å². The van der Waals surface area contributed by atoms with Crippen LogP contribution in [0.25, 0.3) is 0 Å². The molecule has 3 heteroatoms. The number of aryl methyl sites for hydroxylation is 2. The molecule has 0 bridgehead atoms. The molecule has 0 radical (unpaired) electrons. The van der Waals surface area contributed by atoms with Gasteiger partial charge in [0, 0.05) is 0 Å². The third kappa shape index (κ3) is 3.84. The summed E-state index contributed by atoms with van der Waals surface area (Å²) in [6, 6.07) is 11.4. The van der Waals surface area contributed by atoms with Crippen molar-refractivity contribution in [2.45, 2.75) is 33.2 Å². The van der Waals surface area contributed by atoms with Crippen molar-refractivity contribution >= 4 is 11.6 Å². The van der Waals surface area contributed by atoms with Crippen LogP contribution in [0.1, 0.15) is 41.6 Å². The second-order valence-electron chi connectivity index (χ2n) is 5.42. The first-order chi connectivity index (χ1) is 10.0. The average Bonchev–Trinajstić information content (AvgIpc) is 2.46. The quantitative estimate of drug-likeness (QED) is 0.802. The van der Waals surface area contributed by atoms with Gasteiger partial charge < -0.3 is 5.32 Å². The van der Waals surface area contributed by atoms with E-state index in [2.05, 4.69) is 44.3 Å². The van der Waals surface area contributed by atoms with E-state index in [-0.39, 0.29) is 16.9 Å². The van der Waals surface area contributed by atoms with E-state index in [0.717, 1.165) is 18.5 Å². The molecule has 0 saturated heterocycles. The lowest BCUT2D eigenvalue weighted by Crippen LogP contribution is -2.24. The van der Waals surface area contributed by atoms with Crippen LogP contribution in [0.4, 0.5) is 4.39 Å². The lowest BCUT2D eigenvalue weighted by molar-refractivity contribution is 0.583. The van der Waals surface area contributed by atoms with Gasteiger partial charge in [-0.05, 0) is 55.6 Å². The van der Waals surface area contributed by atoms with Crippen molar-refractivity contribution in [1.82, 2.24) is 5.32 Å². The second kappa shape index (κ2) is 7.06. The molecule has 1 nitrogen and oxygen atoms in total. The molecule has 0 aliphatic heterocycles. The molecule has 0 saturated carbocycles. The van der Waals surface area contributed by atoms with Crippen molar-refractivity contribution in [2.75, 3.05) is 6.54 Å². The van der Waals surface area contributed by atoms with E-state index in [0.29, 0.717) is 0 Å². The minimum absolute atomic E-state index is 0.0170. The van der Waals surface area contributed by atoms with E-state index in [9.17, 15) is 4.39 Å². The molecule has 0 fully saturated rings. The summed E-state index contributed by atoms with van der Waals surface area (Å²) in [5, 5.41) is 3.67. The predicted molar refractivity (Wildman–Crippen MR) is 87.5 cm³/mol. The van der Waals surface area contributed by atoms with Crippen molar-refractivity contribution in [3.05, 3.63) is 69.5 Å². The maximum absolute atomic E-state index is 13.8. The summed E-state index contributed by atoms with van der Waals surface area (Å²) in [5.41, 5.74) is 4.49. The molecule has 0 heterocycles. The maximum Gasteiger partial charge on any atom is 0.142 e. The fourth-order valence-corrected chi connectivity index (χ4v) is 2.58. The van der Waals surface area contributed by atoms with E-state index in [1.54, 1.807) is 6.07 Å². The summed E-state index contributed by atoms with van der Waals surface area (Å²) < 4.78 is 13.8. The van der Waals surface area contributed by atoms with Crippen LogP contribution in [0.15, 0.2) is 36.4 Å². The van der Waals surface area contributed by atoms with Crippen LogP contribution in [-0.4, -0.2) is 6.54 Å². The van der Waals surface area contributed by atoms with E-state index in [4.69, 9.17) is 11.6 Å². The van der Waals surface area contributed by atoms with Gasteiger partial charge in [0.25, 0.3) is 0 Å². The Bertz CT molecular complexity index is 625. The maximum atomic E-state index is 13.8. The minimum Gasteiger partial charge on any atom is -0.306 e. The van der Waals surface area contributed by atoms with Gasteiger partial charge in [-0.15, -0.1) is 0 Å². The minimum atomic E-state index is -0.372. The number of rotatable bonds is 5. The van der Waals surface area contributed by atoms with Crippen molar-refractivity contribution in [3.8, 4) is 0 Å². The molecule has 1 unspecified atom stereocenters. The number of hydrogen-bond donors (Lipinski definition) is 1. The summed E-state index contributed by atoms with van der Waals surface area (Å²) in [4.78, 5) is 0. The largest absolute Gasteiger partial charge is 0.306 e. The number of nitrogens with one attached hydrogen (secondary N) is 1. The SMILES string of the molecule is CCCNC(c1ccc(Cl)c(F)c1)c1cc(C)ccc1C. The zero-order valence-corrected chi connectivity index (χ0v) is 13.5. The molecule has 1 atom stereocenters. The predicted octanol–water partition coefficient (Wildman–Crippen LogP) is 5.18. The monoisotopic (exact) mass is 305 g/mol.